The van der Waals surface area contributed by atoms with Gasteiger partial charge in [-0.3, -0.25) is 14.6 Å². The molecular formula is C26H33N3O5S. The van der Waals surface area contributed by atoms with Gasteiger partial charge in [0.25, 0.3) is 0 Å². The molecule has 35 heavy (non-hydrogen) atoms. The maximum Gasteiger partial charge on any atom is 0.341 e. The van der Waals surface area contributed by atoms with E-state index < -0.39 is 0 Å². The molecule has 1 aromatic carbocycles. The van der Waals surface area contributed by atoms with Gasteiger partial charge in [-0.2, -0.15) is 0 Å². The number of benzene rings is 1. The number of hydrogen-bond acceptors (Lipinski definition) is 8. The highest BCUT2D eigenvalue weighted by Crippen LogP contribution is 2.38. The summed E-state index contributed by atoms with van der Waals surface area (Å²) in [5.74, 6) is 1.22. The summed E-state index contributed by atoms with van der Waals surface area (Å²) < 4.78 is 16.2. The molecule has 188 valence electrons. The summed E-state index contributed by atoms with van der Waals surface area (Å²) in [5, 5.41) is 3.70. The maximum atomic E-state index is 12.9. The van der Waals surface area contributed by atoms with E-state index >= 15 is 0 Å². The van der Waals surface area contributed by atoms with Crippen molar-refractivity contribution >= 4 is 28.2 Å². The number of hydrogen-bond donors (Lipinski definition) is 1. The Morgan fingerprint density at radius 2 is 1.80 bits per heavy atom. The highest BCUT2D eigenvalue weighted by Gasteiger charge is 2.27. The summed E-state index contributed by atoms with van der Waals surface area (Å²) >= 11 is 1.55. The second-order valence-electron chi connectivity index (χ2n) is 9.28. The number of thiophene rings is 1. The van der Waals surface area contributed by atoms with Gasteiger partial charge in [-0.05, 0) is 55.9 Å². The average Bonchev–Trinajstić information content (AvgIpc) is 3.37. The molecule has 0 saturated carbocycles. The molecule has 1 N–H and O–H groups in total. The minimum atomic E-state index is -0.320. The van der Waals surface area contributed by atoms with E-state index in [1.165, 1.54) is 16.9 Å². The van der Waals surface area contributed by atoms with Gasteiger partial charge in [-0.1, -0.05) is 12.5 Å². The SMILES string of the molecule is CCOC(=O)c1c(NC(=O)CN2CCN(Cc3ccc4c(c3)OCO4)CC2)sc2c1CCCCC2. The molecule has 2 aliphatic heterocycles. The normalized spacial score (nSPS) is 18.1. The molecule has 0 unspecified atom stereocenters. The molecule has 3 aliphatic rings. The van der Waals surface area contributed by atoms with Gasteiger partial charge < -0.3 is 19.5 Å². The van der Waals surface area contributed by atoms with Crippen LogP contribution in [0.15, 0.2) is 18.2 Å². The van der Waals surface area contributed by atoms with Gasteiger partial charge in [0.05, 0.1) is 18.7 Å². The minimum Gasteiger partial charge on any atom is -0.462 e. The fraction of sp³-hybridized carbons (Fsp3) is 0.538. The number of nitrogens with zero attached hydrogens (tertiary/aromatic N) is 2. The van der Waals surface area contributed by atoms with Crippen molar-refractivity contribution in [2.24, 2.45) is 0 Å². The van der Waals surface area contributed by atoms with Crippen molar-refractivity contribution in [1.29, 1.82) is 0 Å². The first-order valence-electron chi connectivity index (χ1n) is 12.6. The van der Waals surface area contributed by atoms with Gasteiger partial charge >= 0.3 is 5.97 Å². The molecule has 1 amide bonds. The third-order valence-corrected chi connectivity index (χ3v) is 8.04. The number of esters is 1. The van der Waals surface area contributed by atoms with Gasteiger partial charge in [0.15, 0.2) is 11.5 Å². The predicted molar refractivity (Wildman–Crippen MR) is 134 cm³/mol. The Labute approximate surface area is 210 Å². The van der Waals surface area contributed by atoms with E-state index in [2.05, 4.69) is 21.2 Å². The van der Waals surface area contributed by atoms with Gasteiger partial charge in [-0.15, -0.1) is 11.3 Å². The van der Waals surface area contributed by atoms with Crippen molar-refractivity contribution in [3.63, 3.8) is 0 Å². The topological polar surface area (TPSA) is 80.3 Å². The molecule has 1 fully saturated rings. The largest absolute Gasteiger partial charge is 0.462 e. The molecule has 5 rings (SSSR count). The number of fused-ring (bicyclic) bond motifs is 2. The minimum absolute atomic E-state index is 0.0730. The summed E-state index contributed by atoms with van der Waals surface area (Å²) in [7, 11) is 0. The van der Waals surface area contributed by atoms with Crippen molar-refractivity contribution in [3.8, 4) is 11.5 Å². The Morgan fingerprint density at radius 1 is 1.03 bits per heavy atom. The summed E-state index contributed by atoms with van der Waals surface area (Å²) in [6.45, 7) is 7.03. The Balaban J connectivity index is 1.16. The van der Waals surface area contributed by atoms with Crippen molar-refractivity contribution in [2.75, 3.05) is 51.4 Å². The van der Waals surface area contributed by atoms with E-state index in [0.29, 0.717) is 23.7 Å². The van der Waals surface area contributed by atoms with Crippen LogP contribution in [0.2, 0.25) is 0 Å². The van der Waals surface area contributed by atoms with Crippen LogP contribution in [0.1, 0.15) is 52.5 Å². The zero-order chi connectivity index (χ0) is 24.2. The zero-order valence-electron chi connectivity index (χ0n) is 20.3. The third kappa shape index (κ3) is 5.63. The van der Waals surface area contributed by atoms with Crippen molar-refractivity contribution in [2.45, 2.75) is 45.6 Å². The van der Waals surface area contributed by atoms with Crippen molar-refractivity contribution in [1.82, 2.24) is 9.80 Å². The Bertz CT molecular complexity index is 1080. The lowest BCUT2D eigenvalue weighted by Gasteiger charge is -2.34. The molecule has 1 saturated heterocycles. The van der Waals surface area contributed by atoms with Gasteiger partial charge in [0, 0.05) is 37.6 Å². The molecule has 1 aliphatic carbocycles. The Kier molecular flexibility index (Phi) is 7.55. The summed E-state index contributed by atoms with van der Waals surface area (Å²) in [5.41, 5.74) is 2.86. The van der Waals surface area contributed by atoms with Crippen LogP contribution in [-0.2, 0) is 28.9 Å². The van der Waals surface area contributed by atoms with Crippen LogP contribution in [0.5, 0.6) is 11.5 Å². The predicted octanol–water partition coefficient (Wildman–Crippen LogP) is 3.68. The van der Waals surface area contributed by atoms with Crippen molar-refractivity contribution < 1.29 is 23.8 Å². The van der Waals surface area contributed by atoms with Crippen LogP contribution in [0.3, 0.4) is 0 Å². The van der Waals surface area contributed by atoms with Gasteiger partial charge in [0.2, 0.25) is 12.7 Å². The Hall–Kier alpha value is -2.62. The molecule has 0 atom stereocenters. The van der Waals surface area contributed by atoms with E-state index in [-0.39, 0.29) is 18.7 Å². The molecule has 2 aromatic rings. The van der Waals surface area contributed by atoms with Gasteiger partial charge in [-0.25, -0.2) is 4.79 Å². The fourth-order valence-corrected chi connectivity index (χ4v) is 6.32. The van der Waals surface area contributed by atoms with E-state index in [1.54, 1.807) is 11.3 Å². The number of carbonyl (C=O) groups is 2. The molecule has 0 spiro atoms. The molecule has 0 bridgehead atoms. The first kappa shape index (κ1) is 24.1. The van der Waals surface area contributed by atoms with Crippen LogP contribution < -0.4 is 14.8 Å². The number of ether oxygens (including phenoxy) is 3. The van der Waals surface area contributed by atoms with Crippen LogP contribution >= 0.6 is 11.3 Å². The summed E-state index contributed by atoms with van der Waals surface area (Å²) in [6.07, 6.45) is 5.21. The number of rotatable bonds is 7. The number of anilines is 1. The van der Waals surface area contributed by atoms with Crippen LogP contribution in [0, 0.1) is 0 Å². The zero-order valence-corrected chi connectivity index (χ0v) is 21.1. The Morgan fingerprint density at radius 3 is 2.63 bits per heavy atom. The monoisotopic (exact) mass is 499 g/mol. The average molecular weight is 500 g/mol. The van der Waals surface area contributed by atoms with Crippen LogP contribution in [-0.4, -0.2) is 67.8 Å². The summed E-state index contributed by atoms with van der Waals surface area (Å²) in [4.78, 5) is 31.5. The molecular weight excluding hydrogens is 466 g/mol. The molecule has 9 heteroatoms. The molecule has 8 nitrogen and oxygen atoms in total. The highest BCUT2D eigenvalue weighted by atomic mass is 32.1. The number of nitrogens with one attached hydrogen (secondary N) is 1. The van der Waals surface area contributed by atoms with Crippen LogP contribution in [0.25, 0.3) is 0 Å². The highest BCUT2D eigenvalue weighted by molar-refractivity contribution is 7.17. The maximum absolute atomic E-state index is 12.9. The number of aryl methyl sites for hydroxylation is 1. The van der Waals surface area contributed by atoms with E-state index in [9.17, 15) is 9.59 Å². The first-order chi connectivity index (χ1) is 17.1. The standard InChI is InChI=1S/C26H33N3O5S/c1-2-32-26(31)24-19-6-4-3-5-7-22(19)35-25(24)27-23(30)16-29-12-10-28(11-13-29)15-18-8-9-20-21(14-18)34-17-33-20/h8-9,14H,2-7,10-13,15-17H2,1H3,(H,27,30). The lowest BCUT2D eigenvalue weighted by molar-refractivity contribution is -0.117. The summed E-state index contributed by atoms with van der Waals surface area (Å²) in [6, 6.07) is 6.09. The van der Waals surface area contributed by atoms with Crippen LogP contribution in [0.4, 0.5) is 5.00 Å². The second kappa shape index (κ2) is 11.0. The quantitative estimate of drug-likeness (QED) is 0.460. The molecule has 1 aromatic heterocycles. The third-order valence-electron chi connectivity index (χ3n) is 6.83. The van der Waals surface area contributed by atoms with Crippen molar-refractivity contribution in [3.05, 3.63) is 39.8 Å². The van der Waals surface area contributed by atoms with E-state index in [4.69, 9.17) is 14.2 Å². The first-order valence-corrected chi connectivity index (χ1v) is 13.4. The lowest BCUT2D eigenvalue weighted by atomic mass is 10.1. The number of piperazine rings is 1. The second-order valence-corrected chi connectivity index (χ2v) is 10.4. The number of carbonyl (C=O) groups excluding carboxylic acids is 2. The molecule has 3 heterocycles. The van der Waals surface area contributed by atoms with E-state index in [1.807, 2.05) is 19.1 Å². The van der Waals surface area contributed by atoms with E-state index in [0.717, 1.165) is 75.5 Å². The van der Waals surface area contributed by atoms with Gasteiger partial charge in [0.1, 0.15) is 5.00 Å². The lowest BCUT2D eigenvalue weighted by Crippen LogP contribution is -2.48. The number of amides is 1. The molecule has 0 radical (unpaired) electrons. The fourth-order valence-electron chi connectivity index (χ4n) is 5.02. The smallest absolute Gasteiger partial charge is 0.341 e.